The van der Waals surface area contributed by atoms with E-state index in [1.807, 2.05) is 38.1 Å². The second-order valence-corrected chi connectivity index (χ2v) is 12.4. The highest BCUT2D eigenvalue weighted by atomic mass is 32.2. The average molecular weight is 580 g/mol. The van der Waals surface area contributed by atoms with Crippen LogP contribution in [0.1, 0.15) is 56.6 Å². The van der Waals surface area contributed by atoms with Crippen molar-refractivity contribution in [3.63, 3.8) is 0 Å². The molecular weight excluding hydrogens is 541 g/mol. The average Bonchev–Trinajstić information content (AvgIpc) is 2.98. The fourth-order valence-electron chi connectivity index (χ4n) is 5.24. The molecule has 4 rings (SSSR count). The second kappa shape index (κ2) is 13.8. The van der Waals surface area contributed by atoms with E-state index in [1.54, 1.807) is 18.2 Å². The molecule has 1 atom stereocenters. The van der Waals surface area contributed by atoms with Crippen LogP contribution in [0, 0.1) is 12.7 Å². The first-order valence-corrected chi connectivity index (χ1v) is 15.6. The zero-order valence-electron chi connectivity index (χ0n) is 23.6. The first-order chi connectivity index (χ1) is 19.7. The number of rotatable bonds is 11. The number of hydrogen-bond donors (Lipinski definition) is 1. The summed E-state index contributed by atoms with van der Waals surface area (Å²) in [4.78, 5) is 29.0. The minimum atomic E-state index is -4.31. The maximum absolute atomic E-state index is 15.0. The van der Waals surface area contributed by atoms with Gasteiger partial charge in [-0.05, 0) is 56.0 Å². The van der Waals surface area contributed by atoms with E-state index in [-0.39, 0.29) is 29.1 Å². The van der Waals surface area contributed by atoms with Crippen LogP contribution in [0.15, 0.2) is 83.8 Å². The monoisotopic (exact) mass is 579 g/mol. The van der Waals surface area contributed by atoms with Crippen LogP contribution in [-0.4, -0.2) is 43.8 Å². The molecule has 0 radical (unpaired) electrons. The quantitative estimate of drug-likeness (QED) is 0.321. The van der Waals surface area contributed by atoms with Crippen LogP contribution < -0.4 is 9.62 Å². The summed E-state index contributed by atoms with van der Waals surface area (Å²) in [7, 11) is -4.31. The highest BCUT2D eigenvalue weighted by molar-refractivity contribution is 7.92. The minimum Gasteiger partial charge on any atom is -0.352 e. The van der Waals surface area contributed by atoms with Crippen molar-refractivity contribution >= 4 is 27.5 Å². The number of aryl methyl sites for hydroxylation is 1. The number of nitrogens with zero attached hydrogens (tertiary/aromatic N) is 2. The van der Waals surface area contributed by atoms with Crippen molar-refractivity contribution < 1.29 is 22.4 Å². The van der Waals surface area contributed by atoms with Crippen LogP contribution in [-0.2, 0) is 26.2 Å². The number of carbonyl (C=O) groups excluding carboxylic acids is 2. The molecule has 9 heteroatoms. The van der Waals surface area contributed by atoms with E-state index in [9.17, 15) is 18.0 Å². The fraction of sp³-hybridized carbons (Fsp3) is 0.375. The van der Waals surface area contributed by atoms with Gasteiger partial charge in [0.1, 0.15) is 18.4 Å². The van der Waals surface area contributed by atoms with Crippen LogP contribution in [0.25, 0.3) is 0 Å². The standard InChI is InChI=1S/C32H38FN3O4S/c1-3-29(32(38)34-26-12-6-4-7-13-26)35(22-25-20-18-24(2)19-21-25)31(37)23-36(30-17-11-10-16-28(30)33)41(39,40)27-14-8-5-9-15-27/h5,8-11,14-21,26,29H,3-4,6-7,12-13,22-23H2,1-2H3,(H,34,38)/t29-/m1/s1. The summed E-state index contributed by atoms with van der Waals surface area (Å²) in [6, 6.07) is 19.9. The van der Waals surface area contributed by atoms with Gasteiger partial charge in [-0.2, -0.15) is 0 Å². The van der Waals surface area contributed by atoms with E-state index in [0.29, 0.717) is 6.42 Å². The Morgan fingerprint density at radius 3 is 2.20 bits per heavy atom. The Labute approximate surface area is 242 Å². The molecule has 41 heavy (non-hydrogen) atoms. The Morgan fingerprint density at radius 2 is 1.56 bits per heavy atom. The zero-order chi connectivity index (χ0) is 29.4. The van der Waals surface area contributed by atoms with Gasteiger partial charge in [0.15, 0.2) is 0 Å². The van der Waals surface area contributed by atoms with E-state index < -0.39 is 34.3 Å². The molecule has 1 fully saturated rings. The summed E-state index contributed by atoms with van der Waals surface area (Å²) in [6.07, 6.45) is 5.35. The van der Waals surface area contributed by atoms with Gasteiger partial charge in [-0.25, -0.2) is 12.8 Å². The number of carbonyl (C=O) groups is 2. The molecule has 0 unspecified atom stereocenters. The SMILES string of the molecule is CC[C@H](C(=O)NC1CCCCC1)N(Cc1ccc(C)cc1)C(=O)CN(c1ccccc1F)S(=O)(=O)c1ccccc1. The van der Waals surface area contributed by atoms with Crippen LogP contribution in [0.2, 0.25) is 0 Å². The fourth-order valence-corrected chi connectivity index (χ4v) is 6.68. The number of nitrogens with one attached hydrogen (secondary N) is 1. The predicted octanol–water partition coefficient (Wildman–Crippen LogP) is 5.59. The van der Waals surface area contributed by atoms with Crippen LogP contribution in [0.3, 0.4) is 0 Å². The lowest BCUT2D eigenvalue weighted by atomic mass is 9.95. The normalized spacial score (nSPS) is 14.7. The molecule has 1 saturated carbocycles. The van der Waals surface area contributed by atoms with Gasteiger partial charge >= 0.3 is 0 Å². The molecule has 0 aliphatic heterocycles. The van der Waals surface area contributed by atoms with Crippen molar-refractivity contribution in [2.24, 2.45) is 0 Å². The molecule has 2 amide bonds. The Kier molecular flexibility index (Phi) is 10.2. The predicted molar refractivity (Wildman–Crippen MR) is 158 cm³/mol. The molecule has 1 N–H and O–H groups in total. The van der Waals surface area contributed by atoms with Crippen LogP contribution in [0.4, 0.5) is 10.1 Å². The van der Waals surface area contributed by atoms with E-state index in [0.717, 1.165) is 53.6 Å². The number of benzene rings is 3. The number of halogens is 1. The van der Waals surface area contributed by atoms with Crippen molar-refractivity contribution in [1.82, 2.24) is 10.2 Å². The topological polar surface area (TPSA) is 86.8 Å². The first kappa shape index (κ1) is 30.2. The third-order valence-electron chi connectivity index (χ3n) is 7.54. The summed E-state index contributed by atoms with van der Waals surface area (Å²) >= 11 is 0. The summed E-state index contributed by atoms with van der Waals surface area (Å²) in [5.41, 5.74) is 1.62. The third-order valence-corrected chi connectivity index (χ3v) is 9.32. The molecular formula is C32H38FN3O4S. The lowest BCUT2D eigenvalue weighted by molar-refractivity contribution is -0.140. The zero-order valence-corrected chi connectivity index (χ0v) is 24.4. The van der Waals surface area contributed by atoms with Gasteiger partial charge in [-0.3, -0.25) is 13.9 Å². The van der Waals surface area contributed by atoms with Crippen molar-refractivity contribution in [1.29, 1.82) is 0 Å². The van der Waals surface area contributed by atoms with Gasteiger partial charge in [0, 0.05) is 12.6 Å². The first-order valence-electron chi connectivity index (χ1n) is 14.2. The van der Waals surface area contributed by atoms with Gasteiger partial charge in [0.25, 0.3) is 10.0 Å². The Balaban J connectivity index is 1.70. The smallest absolute Gasteiger partial charge is 0.264 e. The maximum atomic E-state index is 15.0. The molecule has 3 aromatic rings. The molecule has 3 aromatic carbocycles. The molecule has 0 heterocycles. The summed E-state index contributed by atoms with van der Waals surface area (Å²) in [6.45, 7) is 3.22. The number of para-hydroxylation sites is 1. The number of hydrogen-bond acceptors (Lipinski definition) is 4. The number of sulfonamides is 1. The third kappa shape index (κ3) is 7.52. The Morgan fingerprint density at radius 1 is 0.927 bits per heavy atom. The van der Waals surface area contributed by atoms with Crippen molar-refractivity contribution in [3.8, 4) is 0 Å². The Hall–Kier alpha value is -3.72. The lowest BCUT2D eigenvalue weighted by Crippen LogP contribution is -2.54. The molecule has 218 valence electrons. The summed E-state index contributed by atoms with van der Waals surface area (Å²) < 4.78 is 43.4. The number of anilines is 1. The highest BCUT2D eigenvalue weighted by Crippen LogP contribution is 2.27. The van der Waals surface area contributed by atoms with Crippen molar-refractivity contribution in [2.45, 2.75) is 75.9 Å². The number of amides is 2. The van der Waals surface area contributed by atoms with Gasteiger partial charge in [0.05, 0.1) is 10.6 Å². The van der Waals surface area contributed by atoms with Crippen molar-refractivity contribution in [3.05, 3.63) is 95.8 Å². The molecule has 0 spiro atoms. The molecule has 7 nitrogen and oxygen atoms in total. The van der Waals surface area contributed by atoms with E-state index in [2.05, 4.69) is 5.32 Å². The molecule has 1 aliphatic carbocycles. The van der Waals surface area contributed by atoms with Gasteiger partial charge in [-0.1, -0.05) is 86.3 Å². The van der Waals surface area contributed by atoms with Crippen molar-refractivity contribution in [2.75, 3.05) is 10.8 Å². The lowest BCUT2D eigenvalue weighted by Gasteiger charge is -2.34. The minimum absolute atomic E-state index is 0.0509. The van der Waals surface area contributed by atoms with E-state index in [4.69, 9.17) is 0 Å². The molecule has 0 saturated heterocycles. The van der Waals surface area contributed by atoms with Gasteiger partial charge in [-0.15, -0.1) is 0 Å². The summed E-state index contributed by atoms with van der Waals surface area (Å²) in [5.74, 6) is -1.63. The van der Waals surface area contributed by atoms with Crippen LogP contribution in [0.5, 0.6) is 0 Å². The maximum Gasteiger partial charge on any atom is 0.264 e. The second-order valence-electron chi connectivity index (χ2n) is 10.6. The summed E-state index contributed by atoms with van der Waals surface area (Å²) in [5, 5.41) is 3.13. The van der Waals surface area contributed by atoms with Gasteiger partial charge < -0.3 is 10.2 Å². The Bertz CT molecular complexity index is 1420. The van der Waals surface area contributed by atoms with E-state index in [1.165, 1.54) is 35.2 Å². The van der Waals surface area contributed by atoms with E-state index >= 15 is 4.39 Å². The largest absolute Gasteiger partial charge is 0.352 e. The molecule has 0 aromatic heterocycles. The van der Waals surface area contributed by atoms with Gasteiger partial charge in [0.2, 0.25) is 11.8 Å². The molecule has 0 bridgehead atoms. The highest BCUT2D eigenvalue weighted by Gasteiger charge is 2.35. The van der Waals surface area contributed by atoms with Crippen LogP contribution >= 0.6 is 0 Å². The molecule has 1 aliphatic rings.